The van der Waals surface area contributed by atoms with Crippen molar-refractivity contribution in [1.29, 1.82) is 0 Å². The Morgan fingerprint density at radius 2 is 1.72 bits per heavy atom. The highest BCUT2D eigenvalue weighted by Crippen LogP contribution is 2.43. The second-order valence-corrected chi connectivity index (χ2v) is 10.4. The predicted octanol–water partition coefficient (Wildman–Crippen LogP) is 7.21. The van der Waals surface area contributed by atoms with Crippen LogP contribution in [0.5, 0.6) is 5.75 Å². The third-order valence-electron chi connectivity index (χ3n) is 5.86. The number of carboxylic acid groups (broad SMARTS) is 1. The average molecular weight is 563 g/mol. The first-order valence-corrected chi connectivity index (χ1v) is 12.5. The molecule has 0 aliphatic rings. The largest absolute Gasteiger partial charge is 0.573 e. The fourth-order valence-electron chi connectivity index (χ4n) is 4.24. The molecule has 0 saturated heterocycles. The molecule has 1 aromatic heterocycles. The summed E-state index contributed by atoms with van der Waals surface area (Å²) in [5, 5.41) is 9.83. The van der Waals surface area contributed by atoms with E-state index in [0.717, 1.165) is 28.6 Å². The van der Waals surface area contributed by atoms with E-state index < -0.39 is 40.6 Å². The lowest BCUT2D eigenvalue weighted by Gasteiger charge is -2.26. The van der Waals surface area contributed by atoms with Crippen LogP contribution in [0.3, 0.4) is 0 Å². The van der Waals surface area contributed by atoms with Crippen molar-refractivity contribution < 1.29 is 41.0 Å². The molecule has 1 heterocycles. The number of anilines is 2. The summed E-state index contributed by atoms with van der Waals surface area (Å²) in [6.45, 7) is 5.39. The van der Waals surface area contributed by atoms with Gasteiger partial charge in [-0.25, -0.2) is 17.7 Å². The van der Waals surface area contributed by atoms with Crippen molar-refractivity contribution >= 4 is 39.5 Å². The summed E-state index contributed by atoms with van der Waals surface area (Å²) in [6.07, 6.45) is -3.67. The van der Waals surface area contributed by atoms with Crippen molar-refractivity contribution in [3.63, 3.8) is 0 Å². The Morgan fingerprint density at radius 3 is 2.31 bits per heavy atom. The zero-order valence-corrected chi connectivity index (χ0v) is 21.6. The van der Waals surface area contributed by atoms with Crippen LogP contribution < -0.4 is 9.04 Å². The summed E-state index contributed by atoms with van der Waals surface area (Å²) in [7, 11) is 0. The van der Waals surface area contributed by atoms with Gasteiger partial charge in [0.15, 0.2) is 0 Å². The SMILES string of the molecule is CC(C)(C)c1ccc(N(c2ccc(OC(F)(F)F)cc2-c2ccc(C(=O)O)c3ncccc23)S(=O)O)cc1F. The molecule has 7 nitrogen and oxygen atoms in total. The van der Waals surface area contributed by atoms with Crippen LogP contribution in [-0.2, 0) is 16.7 Å². The maximum absolute atomic E-state index is 15.1. The number of halogens is 4. The molecule has 4 aromatic rings. The molecule has 12 heteroatoms. The first-order valence-electron chi connectivity index (χ1n) is 11.4. The fraction of sp³-hybridized carbons (Fsp3) is 0.185. The number of nitrogens with zero attached hydrogens (tertiary/aromatic N) is 2. The molecule has 0 bridgehead atoms. The van der Waals surface area contributed by atoms with Crippen molar-refractivity contribution in [3.8, 4) is 16.9 Å². The lowest BCUT2D eigenvalue weighted by Crippen LogP contribution is -2.22. The van der Waals surface area contributed by atoms with Gasteiger partial charge in [-0.15, -0.1) is 13.2 Å². The molecule has 0 amide bonds. The number of aromatic nitrogens is 1. The minimum absolute atomic E-state index is 0.0191. The fourth-order valence-corrected chi connectivity index (χ4v) is 4.86. The Labute approximate surface area is 223 Å². The van der Waals surface area contributed by atoms with Crippen LogP contribution in [0.15, 0.2) is 66.9 Å². The minimum Gasteiger partial charge on any atom is -0.478 e. The Balaban J connectivity index is 2.01. The van der Waals surface area contributed by atoms with Gasteiger partial charge in [-0.05, 0) is 59.0 Å². The molecule has 0 fully saturated rings. The molecule has 0 aliphatic heterocycles. The zero-order chi connectivity index (χ0) is 28.7. The molecule has 1 unspecified atom stereocenters. The topological polar surface area (TPSA) is 100.0 Å². The number of carbonyl (C=O) groups is 1. The monoisotopic (exact) mass is 562 g/mol. The Kier molecular flexibility index (Phi) is 7.37. The molecule has 0 spiro atoms. The van der Waals surface area contributed by atoms with Crippen LogP contribution in [0.1, 0.15) is 36.7 Å². The zero-order valence-electron chi connectivity index (χ0n) is 20.8. The average Bonchev–Trinajstić information content (AvgIpc) is 2.82. The van der Waals surface area contributed by atoms with Gasteiger partial charge in [0.05, 0.1) is 22.5 Å². The highest BCUT2D eigenvalue weighted by Gasteiger charge is 2.32. The molecule has 0 radical (unpaired) electrons. The normalized spacial score (nSPS) is 12.8. The summed E-state index contributed by atoms with van der Waals surface area (Å²) in [4.78, 5) is 15.9. The lowest BCUT2D eigenvalue weighted by molar-refractivity contribution is -0.274. The molecule has 0 saturated carbocycles. The highest BCUT2D eigenvalue weighted by atomic mass is 32.2. The molecule has 1 atom stereocenters. The van der Waals surface area contributed by atoms with Crippen molar-refractivity contribution in [2.75, 3.05) is 4.31 Å². The maximum Gasteiger partial charge on any atom is 0.573 e. The molecular weight excluding hydrogens is 540 g/mol. The summed E-state index contributed by atoms with van der Waals surface area (Å²) in [5.74, 6) is -2.54. The molecule has 204 valence electrons. The number of ether oxygens (including phenoxy) is 1. The summed E-state index contributed by atoms with van der Waals surface area (Å²) in [6, 6.07) is 12.7. The number of benzene rings is 3. The van der Waals surface area contributed by atoms with E-state index in [4.69, 9.17) is 0 Å². The van der Waals surface area contributed by atoms with Gasteiger partial charge in [-0.2, -0.15) is 0 Å². The van der Waals surface area contributed by atoms with E-state index in [1.54, 1.807) is 20.8 Å². The molecular formula is C27H22F4N2O5S. The summed E-state index contributed by atoms with van der Waals surface area (Å²) in [5.41, 5.74) is -0.245. The number of carboxylic acids is 1. The minimum atomic E-state index is -5.03. The van der Waals surface area contributed by atoms with Crippen molar-refractivity contribution in [3.05, 3.63) is 83.8 Å². The highest BCUT2D eigenvalue weighted by molar-refractivity contribution is 7.81. The van der Waals surface area contributed by atoms with Gasteiger partial charge in [0.1, 0.15) is 11.6 Å². The van der Waals surface area contributed by atoms with Crippen molar-refractivity contribution in [2.45, 2.75) is 32.5 Å². The van der Waals surface area contributed by atoms with E-state index in [9.17, 15) is 31.8 Å². The number of hydrogen-bond acceptors (Lipinski definition) is 4. The summed E-state index contributed by atoms with van der Waals surface area (Å²) < 4.78 is 82.1. The van der Waals surface area contributed by atoms with Crippen LogP contribution in [0.25, 0.3) is 22.0 Å². The van der Waals surface area contributed by atoms with Crippen LogP contribution in [0, 0.1) is 5.82 Å². The van der Waals surface area contributed by atoms with Gasteiger partial charge >= 0.3 is 12.3 Å². The third kappa shape index (κ3) is 5.86. The van der Waals surface area contributed by atoms with E-state index in [-0.39, 0.29) is 39.0 Å². The smallest absolute Gasteiger partial charge is 0.478 e. The first-order chi connectivity index (χ1) is 18.2. The van der Waals surface area contributed by atoms with Gasteiger partial charge in [0, 0.05) is 17.1 Å². The van der Waals surface area contributed by atoms with Gasteiger partial charge in [-0.3, -0.25) is 9.54 Å². The second kappa shape index (κ2) is 10.3. The Hall–Kier alpha value is -4.03. The Bertz CT molecular complexity index is 1600. The molecule has 0 aliphatic carbocycles. The molecule has 2 N–H and O–H groups in total. The second-order valence-electron chi connectivity index (χ2n) is 9.53. The lowest BCUT2D eigenvalue weighted by atomic mass is 9.86. The van der Waals surface area contributed by atoms with E-state index in [1.165, 1.54) is 42.6 Å². The van der Waals surface area contributed by atoms with Gasteiger partial charge in [-0.1, -0.05) is 39.0 Å². The van der Waals surface area contributed by atoms with E-state index >= 15 is 4.39 Å². The third-order valence-corrected chi connectivity index (χ3v) is 6.58. The summed E-state index contributed by atoms with van der Waals surface area (Å²) >= 11 is -2.80. The first kappa shape index (κ1) is 28.0. The number of aromatic carboxylic acids is 1. The predicted molar refractivity (Wildman–Crippen MR) is 139 cm³/mol. The van der Waals surface area contributed by atoms with Crippen LogP contribution in [0.4, 0.5) is 28.9 Å². The Morgan fingerprint density at radius 1 is 1.00 bits per heavy atom. The number of alkyl halides is 3. The van der Waals surface area contributed by atoms with Crippen LogP contribution in [0.2, 0.25) is 0 Å². The van der Waals surface area contributed by atoms with Crippen LogP contribution in [-0.4, -0.2) is 31.2 Å². The molecule has 39 heavy (non-hydrogen) atoms. The molecule has 3 aromatic carbocycles. The number of hydrogen-bond donors (Lipinski definition) is 2. The van der Waals surface area contributed by atoms with Gasteiger partial charge in [0.25, 0.3) is 11.3 Å². The van der Waals surface area contributed by atoms with Crippen LogP contribution >= 0.6 is 0 Å². The van der Waals surface area contributed by atoms with E-state index in [0.29, 0.717) is 5.56 Å². The van der Waals surface area contributed by atoms with E-state index in [1.807, 2.05) is 0 Å². The number of rotatable bonds is 6. The molecule has 4 rings (SSSR count). The standard InChI is InChI=1S/C27H22F4N2O5S/c1-26(2,3)21-10-6-15(13-22(21)28)33(39(36)37)23-11-7-16(38-27(29,30)31)14-20(23)17-8-9-19(25(34)35)24-18(17)5-4-12-32-24/h4-14H,1-3H3,(H,34,35)(H,36,37). The maximum atomic E-state index is 15.1. The number of pyridine rings is 1. The van der Waals surface area contributed by atoms with Gasteiger partial charge in [0.2, 0.25) is 0 Å². The van der Waals surface area contributed by atoms with Gasteiger partial charge < -0.3 is 9.84 Å². The van der Waals surface area contributed by atoms with Crippen molar-refractivity contribution in [2.24, 2.45) is 0 Å². The number of fused-ring (bicyclic) bond motifs is 1. The van der Waals surface area contributed by atoms with Crippen molar-refractivity contribution in [1.82, 2.24) is 4.98 Å². The quantitative estimate of drug-likeness (QED) is 0.190. The van der Waals surface area contributed by atoms with E-state index in [2.05, 4.69) is 9.72 Å².